The van der Waals surface area contributed by atoms with Crippen molar-refractivity contribution in [2.75, 3.05) is 13.2 Å². The van der Waals surface area contributed by atoms with E-state index in [4.69, 9.17) is 18.3 Å². The van der Waals surface area contributed by atoms with E-state index >= 15 is 0 Å². The number of benzene rings is 2. The molecule has 4 aromatic rings. The van der Waals surface area contributed by atoms with Crippen molar-refractivity contribution in [3.8, 4) is 17.2 Å². The SMILES string of the molecule is CCOC(=O)C(Cc1ccc(OCCc2nc(-c3ccccc3)oc2C)cc1)c1ccoc1. The number of hydrogen-bond donors (Lipinski definition) is 0. The van der Waals surface area contributed by atoms with Gasteiger partial charge < -0.3 is 18.3 Å². The van der Waals surface area contributed by atoms with Gasteiger partial charge in [0.05, 0.1) is 37.4 Å². The highest BCUT2D eigenvalue weighted by molar-refractivity contribution is 5.78. The van der Waals surface area contributed by atoms with Crippen molar-refractivity contribution in [2.24, 2.45) is 0 Å². The van der Waals surface area contributed by atoms with Crippen molar-refractivity contribution in [1.82, 2.24) is 4.98 Å². The van der Waals surface area contributed by atoms with Gasteiger partial charge >= 0.3 is 5.97 Å². The van der Waals surface area contributed by atoms with Crippen molar-refractivity contribution in [3.05, 3.63) is 95.8 Å². The summed E-state index contributed by atoms with van der Waals surface area (Å²) in [6, 6.07) is 19.4. The number of aryl methyl sites for hydroxylation is 1. The van der Waals surface area contributed by atoms with Gasteiger partial charge in [-0.3, -0.25) is 4.79 Å². The summed E-state index contributed by atoms with van der Waals surface area (Å²) < 4.78 is 22.1. The molecule has 1 atom stereocenters. The average molecular weight is 446 g/mol. The summed E-state index contributed by atoms with van der Waals surface area (Å²) in [5.74, 6) is 1.54. The van der Waals surface area contributed by atoms with E-state index in [-0.39, 0.29) is 5.97 Å². The van der Waals surface area contributed by atoms with Gasteiger partial charge in [-0.15, -0.1) is 0 Å². The molecule has 2 aromatic carbocycles. The minimum Gasteiger partial charge on any atom is -0.493 e. The van der Waals surface area contributed by atoms with Crippen LogP contribution in [0.1, 0.15) is 35.4 Å². The van der Waals surface area contributed by atoms with Gasteiger partial charge in [-0.1, -0.05) is 30.3 Å². The first-order chi connectivity index (χ1) is 16.1. The van der Waals surface area contributed by atoms with Crippen LogP contribution in [0.3, 0.4) is 0 Å². The summed E-state index contributed by atoms with van der Waals surface area (Å²) in [6.07, 6.45) is 4.33. The van der Waals surface area contributed by atoms with Crippen LogP contribution in [0.5, 0.6) is 5.75 Å². The van der Waals surface area contributed by atoms with Crippen molar-refractivity contribution < 1.29 is 23.1 Å². The summed E-state index contributed by atoms with van der Waals surface area (Å²) in [5, 5.41) is 0. The maximum absolute atomic E-state index is 12.4. The van der Waals surface area contributed by atoms with Gasteiger partial charge in [-0.25, -0.2) is 4.98 Å². The molecule has 0 aliphatic rings. The van der Waals surface area contributed by atoms with E-state index in [1.54, 1.807) is 25.5 Å². The Morgan fingerprint density at radius 3 is 2.55 bits per heavy atom. The second-order valence-electron chi connectivity index (χ2n) is 7.70. The fraction of sp³-hybridized carbons (Fsp3) is 0.259. The number of furan rings is 1. The number of ether oxygens (including phenoxy) is 2. The fourth-order valence-corrected chi connectivity index (χ4v) is 3.64. The van der Waals surface area contributed by atoms with Crippen molar-refractivity contribution in [2.45, 2.75) is 32.6 Å². The molecule has 2 aromatic heterocycles. The van der Waals surface area contributed by atoms with Crippen LogP contribution < -0.4 is 4.74 Å². The maximum Gasteiger partial charge on any atom is 0.313 e. The third-order valence-corrected chi connectivity index (χ3v) is 5.40. The van der Waals surface area contributed by atoms with E-state index in [1.807, 2.05) is 61.5 Å². The molecular weight excluding hydrogens is 418 g/mol. The molecule has 2 heterocycles. The summed E-state index contributed by atoms with van der Waals surface area (Å²) in [7, 11) is 0. The van der Waals surface area contributed by atoms with Gasteiger partial charge in [0, 0.05) is 17.5 Å². The van der Waals surface area contributed by atoms with Crippen LogP contribution in [-0.2, 0) is 22.4 Å². The molecule has 0 amide bonds. The molecule has 0 aliphatic carbocycles. The Bertz CT molecular complexity index is 1150. The molecule has 0 saturated carbocycles. The van der Waals surface area contributed by atoms with Crippen LogP contribution in [0.4, 0.5) is 0 Å². The molecule has 0 N–H and O–H groups in total. The van der Waals surface area contributed by atoms with Crippen molar-refractivity contribution >= 4 is 5.97 Å². The number of rotatable bonds is 10. The Labute approximate surface area is 193 Å². The molecular formula is C27H27NO5. The van der Waals surface area contributed by atoms with E-state index < -0.39 is 5.92 Å². The molecule has 170 valence electrons. The Kier molecular flexibility index (Phi) is 7.25. The van der Waals surface area contributed by atoms with Crippen LogP contribution in [0.2, 0.25) is 0 Å². The molecule has 0 aliphatic heterocycles. The second kappa shape index (κ2) is 10.7. The molecule has 4 rings (SSSR count). The number of aromatic nitrogens is 1. The molecule has 0 saturated heterocycles. The van der Waals surface area contributed by atoms with E-state index in [2.05, 4.69) is 4.98 Å². The molecule has 0 radical (unpaired) electrons. The molecule has 0 fully saturated rings. The lowest BCUT2D eigenvalue weighted by Crippen LogP contribution is -2.17. The standard InChI is InChI=1S/C27H27NO5/c1-3-31-27(29)24(22-13-15-30-18-22)17-20-9-11-23(12-10-20)32-16-14-25-19(2)33-26(28-25)21-7-5-4-6-8-21/h4-13,15,18,24H,3,14,16-17H2,1-2H3. The number of carbonyl (C=O) groups is 1. The molecule has 0 spiro atoms. The topological polar surface area (TPSA) is 74.7 Å². The average Bonchev–Trinajstić information content (AvgIpc) is 3.49. The zero-order valence-electron chi connectivity index (χ0n) is 18.8. The number of oxazole rings is 1. The fourth-order valence-electron chi connectivity index (χ4n) is 3.64. The molecule has 6 nitrogen and oxygen atoms in total. The smallest absolute Gasteiger partial charge is 0.313 e. The van der Waals surface area contributed by atoms with Gasteiger partial charge in [-0.2, -0.15) is 0 Å². The normalized spacial score (nSPS) is 11.8. The van der Waals surface area contributed by atoms with Crippen LogP contribution in [0, 0.1) is 6.92 Å². The quantitative estimate of drug-likeness (QED) is 0.289. The minimum absolute atomic E-state index is 0.253. The van der Waals surface area contributed by atoms with E-state index in [9.17, 15) is 4.79 Å². The zero-order chi connectivity index (χ0) is 23.0. The Morgan fingerprint density at radius 2 is 1.85 bits per heavy atom. The van der Waals surface area contributed by atoms with Gasteiger partial charge in [0.2, 0.25) is 5.89 Å². The number of nitrogens with zero attached hydrogens (tertiary/aromatic N) is 1. The predicted molar refractivity (Wildman–Crippen MR) is 124 cm³/mol. The van der Waals surface area contributed by atoms with Crippen molar-refractivity contribution in [1.29, 1.82) is 0 Å². The Morgan fingerprint density at radius 1 is 1.06 bits per heavy atom. The van der Waals surface area contributed by atoms with Gasteiger partial charge in [0.1, 0.15) is 11.5 Å². The predicted octanol–water partition coefficient (Wildman–Crippen LogP) is 5.75. The lowest BCUT2D eigenvalue weighted by atomic mass is 9.94. The summed E-state index contributed by atoms with van der Waals surface area (Å²) in [6.45, 7) is 4.56. The largest absolute Gasteiger partial charge is 0.493 e. The van der Waals surface area contributed by atoms with Crippen LogP contribution in [0.25, 0.3) is 11.5 Å². The highest BCUT2D eigenvalue weighted by Gasteiger charge is 2.23. The lowest BCUT2D eigenvalue weighted by molar-refractivity contribution is -0.144. The first-order valence-electron chi connectivity index (χ1n) is 11.1. The maximum atomic E-state index is 12.4. The molecule has 0 bridgehead atoms. The summed E-state index contributed by atoms with van der Waals surface area (Å²) in [4.78, 5) is 17.0. The third-order valence-electron chi connectivity index (χ3n) is 5.40. The number of esters is 1. The highest BCUT2D eigenvalue weighted by atomic mass is 16.5. The summed E-state index contributed by atoms with van der Waals surface area (Å²) in [5.41, 5.74) is 3.68. The lowest BCUT2D eigenvalue weighted by Gasteiger charge is -2.14. The van der Waals surface area contributed by atoms with Gasteiger partial charge in [0.15, 0.2) is 0 Å². The zero-order valence-corrected chi connectivity index (χ0v) is 18.8. The van der Waals surface area contributed by atoms with E-state index in [0.29, 0.717) is 31.9 Å². The molecule has 33 heavy (non-hydrogen) atoms. The summed E-state index contributed by atoms with van der Waals surface area (Å²) >= 11 is 0. The van der Waals surface area contributed by atoms with E-state index in [1.165, 1.54) is 0 Å². The molecule has 1 unspecified atom stereocenters. The van der Waals surface area contributed by atoms with Crippen molar-refractivity contribution in [3.63, 3.8) is 0 Å². The Balaban J connectivity index is 1.33. The van der Waals surface area contributed by atoms with Gasteiger partial charge in [0.25, 0.3) is 0 Å². The van der Waals surface area contributed by atoms with Gasteiger partial charge in [-0.05, 0) is 56.2 Å². The monoisotopic (exact) mass is 445 g/mol. The minimum atomic E-state index is -0.399. The van der Waals surface area contributed by atoms with E-state index in [0.717, 1.165) is 33.9 Å². The highest BCUT2D eigenvalue weighted by Crippen LogP contribution is 2.25. The Hall–Kier alpha value is -3.80. The third kappa shape index (κ3) is 5.71. The van der Waals surface area contributed by atoms with Crippen LogP contribution in [-0.4, -0.2) is 24.2 Å². The van der Waals surface area contributed by atoms with Crippen LogP contribution in [0.15, 0.2) is 82.0 Å². The van der Waals surface area contributed by atoms with Crippen LogP contribution >= 0.6 is 0 Å². The second-order valence-corrected chi connectivity index (χ2v) is 7.70. The number of carbonyl (C=O) groups excluding carboxylic acids is 1. The number of hydrogen-bond acceptors (Lipinski definition) is 6. The molecule has 6 heteroatoms. The first kappa shape index (κ1) is 22.4. The first-order valence-corrected chi connectivity index (χ1v) is 11.1.